The van der Waals surface area contributed by atoms with Gasteiger partial charge in [-0.3, -0.25) is 4.79 Å². The van der Waals surface area contributed by atoms with Gasteiger partial charge >= 0.3 is 0 Å². The molecule has 1 heterocycles. The third-order valence-electron chi connectivity index (χ3n) is 1.43. The van der Waals surface area contributed by atoms with Gasteiger partial charge < -0.3 is 14.8 Å². The summed E-state index contributed by atoms with van der Waals surface area (Å²) in [7, 11) is 0. The van der Waals surface area contributed by atoms with E-state index >= 15 is 0 Å². The Morgan fingerprint density at radius 1 is 1.83 bits per heavy atom. The summed E-state index contributed by atoms with van der Waals surface area (Å²) in [5.41, 5.74) is 0.468. The first-order chi connectivity index (χ1) is 5.74. The number of aliphatic hydroxyl groups is 1. The molecule has 0 unspecified atom stereocenters. The molecule has 0 aliphatic rings. The van der Waals surface area contributed by atoms with Gasteiger partial charge in [-0.15, -0.1) is 0 Å². The van der Waals surface area contributed by atoms with Gasteiger partial charge in [-0.05, 0) is 13.0 Å². The summed E-state index contributed by atoms with van der Waals surface area (Å²) >= 11 is 0. The van der Waals surface area contributed by atoms with E-state index in [0.717, 1.165) is 0 Å². The van der Waals surface area contributed by atoms with Gasteiger partial charge in [-0.2, -0.15) is 0 Å². The van der Waals surface area contributed by atoms with E-state index in [1.165, 1.54) is 12.5 Å². The van der Waals surface area contributed by atoms with Crippen LogP contribution in [0.3, 0.4) is 0 Å². The minimum absolute atomic E-state index is 0.0659. The largest absolute Gasteiger partial charge is 0.472 e. The number of carbonyl (C=O) groups excluding carboxylic acids is 1. The Hall–Kier alpha value is -1.29. The summed E-state index contributed by atoms with van der Waals surface area (Å²) in [5, 5.41) is 11.2. The van der Waals surface area contributed by atoms with Gasteiger partial charge in [0.05, 0.1) is 18.4 Å². The van der Waals surface area contributed by atoms with E-state index in [1.807, 2.05) is 0 Å². The van der Waals surface area contributed by atoms with Crippen LogP contribution in [0.4, 0.5) is 0 Å². The molecule has 0 radical (unpaired) electrons. The number of hydrogen-bond acceptors (Lipinski definition) is 3. The molecule has 66 valence electrons. The normalized spacial score (nSPS) is 12.5. The zero-order chi connectivity index (χ0) is 8.97. The number of rotatable bonds is 3. The van der Waals surface area contributed by atoms with Crippen molar-refractivity contribution in [2.75, 3.05) is 6.61 Å². The minimum atomic E-state index is -0.231. The highest BCUT2D eigenvalue weighted by Gasteiger charge is 2.08. The molecule has 1 aromatic rings. The lowest BCUT2D eigenvalue weighted by Gasteiger charge is -2.08. The number of amides is 1. The summed E-state index contributed by atoms with van der Waals surface area (Å²) in [4.78, 5) is 11.2. The predicted octanol–water partition coefficient (Wildman–Crippen LogP) is 0.390. The SMILES string of the molecule is C[C@@H](CO)NC(=O)c1ccoc1. The zero-order valence-corrected chi connectivity index (χ0v) is 6.78. The molecule has 1 rings (SSSR count). The van der Waals surface area contributed by atoms with Gasteiger partial charge in [0, 0.05) is 6.04 Å². The quantitative estimate of drug-likeness (QED) is 0.688. The lowest BCUT2D eigenvalue weighted by atomic mass is 10.3. The van der Waals surface area contributed by atoms with Crippen LogP contribution in [0.2, 0.25) is 0 Å². The number of carbonyl (C=O) groups is 1. The van der Waals surface area contributed by atoms with E-state index < -0.39 is 0 Å². The van der Waals surface area contributed by atoms with Crippen molar-refractivity contribution in [1.82, 2.24) is 5.32 Å². The second-order valence-electron chi connectivity index (χ2n) is 2.57. The topological polar surface area (TPSA) is 62.5 Å². The van der Waals surface area contributed by atoms with Crippen molar-refractivity contribution in [3.8, 4) is 0 Å². The van der Waals surface area contributed by atoms with Crippen molar-refractivity contribution >= 4 is 5.91 Å². The van der Waals surface area contributed by atoms with E-state index in [-0.39, 0.29) is 18.6 Å². The Bertz CT molecular complexity index is 243. The molecule has 0 saturated carbocycles. The molecule has 0 aliphatic heterocycles. The van der Waals surface area contributed by atoms with Gasteiger partial charge in [0.15, 0.2) is 0 Å². The van der Waals surface area contributed by atoms with Crippen molar-refractivity contribution in [2.24, 2.45) is 0 Å². The van der Waals surface area contributed by atoms with Crippen LogP contribution in [0.15, 0.2) is 23.0 Å². The van der Waals surface area contributed by atoms with Crippen LogP contribution in [0.5, 0.6) is 0 Å². The monoisotopic (exact) mass is 169 g/mol. The molecule has 0 aromatic carbocycles. The molecule has 1 amide bonds. The maximum atomic E-state index is 11.2. The Morgan fingerprint density at radius 2 is 2.58 bits per heavy atom. The van der Waals surface area contributed by atoms with Crippen LogP contribution >= 0.6 is 0 Å². The fourth-order valence-electron chi connectivity index (χ4n) is 0.746. The van der Waals surface area contributed by atoms with Gasteiger partial charge in [-0.1, -0.05) is 0 Å². The predicted molar refractivity (Wildman–Crippen MR) is 42.7 cm³/mol. The number of hydrogen-bond donors (Lipinski definition) is 2. The maximum absolute atomic E-state index is 11.2. The zero-order valence-electron chi connectivity index (χ0n) is 6.78. The third-order valence-corrected chi connectivity index (χ3v) is 1.43. The molecular formula is C8H11NO3. The van der Waals surface area contributed by atoms with Crippen LogP contribution in [-0.4, -0.2) is 23.7 Å². The van der Waals surface area contributed by atoms with Crippen LogP contribution in [-0.2, 0) is 0 Å². The van der Waals surface area contributed by atoms with Crippen LogP contribution in [0.1, 0.15) is 17.3 Å². The average Bonchev–Trinajstić information content (AvgIpc) is 2.56. The van der Waals surface area contributed by atoms with Crippen LogP contribution < -0.4 is 5.32 Å². The summed E-state index contributed by atoms with van der Waals surface area (Å²) in [6.07, 6.45) is 2.79. The van der Waals surface area contributed by atoms with Crippen molar-refractivity contribution in [3.63, 3.8) is 0 Å². The Morgan fingerprint density at radius 3 is 3.08 bits per heavy atom. The van der Waals surface area contributed by atoms with Gasteiger partial charge in [-0.25, -0.2) is 0 Å². The molecule has 2 N–H and O–H groups in total. The molecule has 0 aliphatic carbocycles. The highest BCUT2D eigenvalue weighted by Crippen LogP contribution is 1.99. The number of aliphatic hydroxyl groups excluding tert-OH is 1. The van der Waals surface area contributed by atoms with Crippen molar-refractivity contribution < 1.29 is 14.3 Å². The maximum Gasteiger partial charge on any atom is 0.254 e. The molecule has 0 fully saturated rings. The van der Waals surface area contributed by atoms with Crippen molar-refractivity contribution in [1.29, 1.82) is 0 Å². The van der Waals surface area contributed by atoms with Crippen molar-refractivity contribution in [2.45, 2.75) is 13.0 Å². The molecule has 0 spiro atoms. The first kappa shape index (κ1) is 8.80. The molecule has 0 bridgehead atoms. The first-order valence-corrected chi connectivity index (χ1v) is 3.68. The first-order valence-electron chi connectivity index (χ1n) is 3.68. The van der Waals surface area contributed by atoms with Crippen molar-refractivity contribution in [3.05, 3.63) is 24.2 Å². The van der Waals surface area contributed by atoms with Gasteiger partial charge in [0.2, 0.25) is 0 Å². The molecule has 1 aromatic heterocycles. The average molecular weight is 169 g/mol. The lowest BCUT2D eigenvalue weighted by molar-refractivity contribution is 0.0921. The van der Waals surface area contributed by atoms with E-state index in [9.17, 15) is 4.79 Å². The highest BCUT2D eigenvalue weighted by atomic mass is 16.3. The van der Waals surface area contributed by atoms with E-state index in [1.54, 1.807) is 13.0 Å². The molecule has 4 heteroatoms. The lowest BCUT2D eigenvalue weighted by Crippen LogP contribution is -2.34. The number of furan rings is 1. The number of nitrogens with one attached hydrogen (secondary N) is 1. The van der Waals surface area contributed by atoms with Crippen LogP contribution in [0, 0.1) is 0 Å². The van der Waals surface area contributed by atoms with E-state index in [4.69, 9.17) is 9.52 Å². The molecule has 0 saturated heterocycles. The second-order valence-corrected chi connectivity index (χ2v) is 2.57. The third kappa shape index (κ3) is 2.10. The van der Waals surface area contributed by atoms with Crippen LogP contribution in [0.25, 0.3) is 0 Å². The van der Waals surface area contributed by atoms with Gasteiger partial charge in [0.25, 0.3) is 5.91 Å². The highest BCUT2D eigenvalue weighted by molar-refractivity contribution is 5.93. The minimum Gasteiger partial charge on any atom is -0.472 e. The Balaban J connectivity index is 2.50. The molecular weight excluding hydrogens is 158 g/mol. The second kappa shape index (κ2) is 3.92. The fraction of sp³-hybridized carbons (Fsp3) is 0.375. The summed E-state index contributed by atoms with van der Waals surface area (Å²) in [6, 6.07) is 1.34. The molecule has 4 nitrogen and oxygen atoms in total. The Labute approximate surface area is 70.2 Å². The molecule has 12 heavy (non-hydrogen) atoms. The Kier molecular flexibility index (Phi) is 2.88. The molecule has 1 atom stereocenters. The smallest absolute Gasteiger partial charge is 0.254 e. The summed E-state index contributed by atoms with van der Waals surface area (Å²) in [6.45, 7) is 1.65. The standard InChI is InChI=1S/C8H11NO3/c1-6(4-10)9-8(11)7-2-3-12-5-7/h2-3,5-6,10H,4H2,1H3,(H,9,11)/t6-/m0/s1. The van der Waals surface area contributed by atoms with E-state index in [2.05, 4.69) is 5.32 Å². The summed E-state index contributed by atoms with van der Waals surface area (Å²) in [5.74, 6) is -0.231. The van der Waals surface area contributed by atoms with Gasteiger partial charge in [0.1, 0.15) is 6.26 Å². The summed E-state index contributed by atoms with van der Waals surface area (Å²) < 4.78 is 4.73. The van der Waals surface area contributed by atoms with E-state index in [0.29, 0.717) is 5.56 Å². The fourth-order valence-corrected chi connectivity index (χ4v) is 0.746.